The van der Waals surface area contributed by atoms with Gasteiger partial charge in [0, 0.05) is 25.4 Å². The van der Waals surface area contributed by atoms with Crippen molar-refractivity contribution in [2.45, 2.75) is 85.0 Å². The number of carbonyl (C=O) groups is 4. The predicted octanol–water partition coefficient (Wildman–Crippen LogP) is 5.07. The van der Waals surface area contributed by atoms with Crippen molar-refractivity contribution in [3.8, 4) is 0 Å². The normalized spacial score (nSPS) is 12.8. The Morgan fingerprint density at radius 3 is 1.76 bits per heavy atom. The zero-order valence-electron chi connectivity index (χ0n) is 30.4. The van der Waals surface area contributed by atoms with Crippen molar-refractivity contribution in [3.05, 3.63) is 108 Å². The number of ether oxygens (including phenoxy) is 1. The molecule has 3 rings (SSSR count). The average molecular weight is 689 g/mol. The molecular formula is C40H56N4O6. The van der Waals surface area contributed by atoms with E-state index in [0.717, 1.165) is 22.6 Å². The number of aliphatic hydroxyl groups is 1. The lowest BCUT2D eigenvalue weighted by atomic mass is 9.92. The second kappa shape index (κ2) is 21.4. The van der Waals surface area contributed by atoms with E-state index in [-0.39, 0.29) is 25.9 Å². The number of rotatable bonds is 16. The maximum atomic E-state index is 13.4. The summed E-state index contributed by atoms with van der Waals surface area (Å²) in [5.41, 5.74) is 7.54. The molecule has 50 heavy (non-hydrogen) atoms. The summed E-state index contributed by atoms with van der Waals surface area (Å²) in [5, 5.41) is 16.4. The van der Waals surface area contributed by atoms with E-state index in [1.807, 2.05) is 91.0 Å². The highest BCUT2D eigenvalue weighted by molar-refractivity contribution is 5.90. The Bertz CT molecular complexity index is 1440. The fourth-order valence-corrected chi connectivity index (χ4v) is 4.96. The molecule has 10 nitrogen and oxygen atoms in total. The van der Waals surface area contributed by atoms with Gasteiger partial charge in [-0.15, -0.1) is 0 Å². The van der Waals surface area contributed by atoms with Gasteiger partial charge in [-0.3, -0.25) is 14.4 Å². The first-order valence-corrected chi connectivity index (χ1v) is 17.3. The summed E-state index contributed by atoms with van der Waals surface area (Å²) in [6.45, 7) is 11.7. The van der Waals surface area contributed by atoms with E-state index < -0.39 is 47.5 Å². The topological polar surface area (TPSA) is 151 Å². The second-order valence-electron chi connectivity index (χ2n) is 14.1. The van der Waals surface area contributed by atoms with Gasteiger partial charge < -0.3 is 31.1 Å². The molecule has 0 spiro atoms. The Kier molecular flexibility index (Phi) is 17.7. The van der Waals surface area contributed by atoms with Crippen LogP contribution in [-0.2, 0) is 38.4 Å². The van der Waals surface area contributed by atoms with E-state index >= 15 is 0 Å². The maximum absolute atomic E-state index is 13.4. The summed E-state index contributed by atoms with van der Waals surface area (Å²) in [6.07, 6.45) is -0.488. The van der Waals surface area contributed by atoms with Gasteiger partial charge in [-0.1, -0.05) is 112 Å². The molecule has 0 heterocycles. The number of aliphatic hydroxyl groups excluding tert-OH is 1. The van der Waals surface area contributed by atoms with Crippen LogP contribution in [-0.4, -0.2) is 71.2 Å². The third-order valence-electron chi connectivity index (χ3n) is 7.23. The van der Waals surface area contributed by atoms with Crippen LogP contribution in [0.2, 0.25) is 0 Å². The van der Waals surface area contributed by atoms with Crippen LogP contribution in [0.5, 0.6) is 0 Å². The van der Waals surface area contributed by atoms with E-state index in [0.29, 0.717) is 19.4 Å². The number of primary amides is 1. The summed E-state index contributed by atoms with van der Waals surface area (Å²) < 4.78 is 5.61. The van der Waals surface area contributed by atoms with Crippen molar-refractivity contribution in [2.75, 3.05) is 19.6 Å². The largest absolute Gasteiger partial charge is 0.444 e. The van der Waals surface area contributed by atoms with Gasteiger partial charge in [-0.25, -0.2) is 4.79 Å². The monoisotopic (exact) mass is 688 g/mol. The first kappa shape index (κ1) is 41.5. The second-order valence-corrected chi connectivity index (χ2v) is 14.1. The fraction of sp³-hybridized carbons (Fsp3) is 0.450. The number of carbonyl (C=O) groups excluding carboxylic acids is 4. The molecule has 3 aromatic carbocycles. The number of hydrogen-bond donors (Lipinski definition) is 4. The van der Waals surface area contributed by atoms with E-state index in [1.54, 1.807) is 20.8 Å². The highest BCUT2D eigenvalue weighted by Gasteiger charge is 2.28. The van der Waals surface area contributed by atoms with Crippen LogP contribution in [0.1, 0.15) is 64.7 Å². The minimum Gasteiger partial charge on any atom is -0.444 e. The molecule has 0 aliphatic carbocycles. The number of nitrogens with two attached hydrogens (primary N) is 1. The van der Waals surface area contributed by atoms with Gasteiger partial charge in [-0.2, -0.15) is 0 Å². The summed E-state index contributed by atoms with van der Waals surface area (Å²) in [6, 6.07) is 27.3. The molecule has 0 saturated carbocycles. The van der Waals surface area contributed by atoms with E-state index in [4.69, 9.17) is 10.5 Å². The maximum Gasteiger partial charge on any atom is 0.410 e. The number of nitrogens with zero attached hydrogens (tertiary/aromatic N) is 1. The SMILES string of the molecule is CC(C)(C)OC(=O)N(CCc1ccccc1)CC(O)CC(Cc1ccccc1)C(=O)NCC(=O)NC(Cc1ccccc1)C(N)=O.CC(C)C. The first-order valence-electron chi connectivity index (χ1n) is 17.3. The van der Waals surface area contributed by atoms with Crippen LogP contribution in [0.4, 0.5) is 4.79 Å². The van der Waals surface area contributed by atoms with Gasteiger partial charge in [0.25, 0.3) is 0 Å². The number of hydrogen-bond acceptors (Lipinski definition) is 6. The van der Waals surface area contributed by atoms with E-state index in [1.165, 1.54) is 4.90 Å². The van der Waals surface area contributed by atoms with Crippen LogP contribution in [0, 0.1) is 11.8 Å². The summed E-state index contributed by atoms with van der Waals surface area (Å²) in [5.74, 6) is -1.57. The van der Waals surface area contributed by atoms with Crippen molar-refractivity contribution < 1.29 is 29.0 Å². The first-order chi connectivity index (χ1) is 23.6. The van der Waals surface area contributed by atoms with Gasteiger partial charge in [-0.05, 0) is 62.6 Å². The molecule has 5 N–H and O–H groups in total. The van der Waals surface area contributed by atoms with Crippen LogP contribution >= 0.6 is 0 Å². The lowest BCUT2D eigenvalue weighted by molar-refractivity contribution is -0.130. The van der Waals surface area contributed by atoms with Gasteiger partial charge in [0.15, 0.2) is 0 Å². The molecule has 0 aliphatic rings. The van der Waals surface area contributed by atoms with Gasteiger partial charge in [0.05, 0.1) is 12.6 Å². The lowest BCUT2D eigenvalue weighted by Crippen LogP contribution is -2.49. The van der Waals surface area contributed by atoms with Crippen LogP contribution < -0.4 is 16.4 Å². The van der Waals surface area contributed by atoms with Crippen molar-refractivity contribution in [2.24, 2.45) is 17.6 Å². The number of amides is 4. The lowest BCUT2D eigenvalue weighted by Gasteiger charge is -2.30. The van der Waals surface area contributed by atoms with Crippen molar-refractivity contribution in [1.29, 1.82) is 0 Å². The van der Waals surface area contributed by atoms with Gasteiger partial charge in [0.1, 0.15) is 11.6 Å². The molecule has 272 valence electrons. The van der Waals surface area contributed by atoms with E-state index in [9.17, 15) is 24.3 Å². The van der Waals surface area contributed by atoms with Gasteiger partial charge in [0.2, 0.25) is 17.7 Å². The van der Waals surface area contributed by atoms with Crippen LogP contribution in [0.25, 0.3) is 0 Å². The van der Waals surface area contributed by atoms with Crippen molar-refractivity contribution in [1.82, 2.24) is 15.5 Å². The quantitative estimate of drug-likeness (QED) is 0.165. The Labute approximate surface area is 297 Å². The average Bonchev–Trinajstić information content (AvgIpc) is 3.05. The summed E-state index contributed by atoms with van der Waals surface area (Å²) in [4.78, 5) is 52.7. The molecule has 0 radical (unpaired) electrons. The Morgan fingerprint density at radius 1 is 0.800 bits per heavy atom. The molecule has 3 atom stereocenters. The molecule has 0 fully saturated rings. The highest BCUT2D eigenvalue weighted by atomic mass is 16.6. The van der Waals surface area contributed by atoms with Crippen LogP contribution in [0.15, 0.2) is 91.0 Å². The third kappa shape index (κ3) is 17.6. The number of nitrogens with one attached hydrogen (secondary N) is 2. The smallest absolute Gasteiger partial charge is 0.410 e. The predicted molar refractivity (Wildman–Crippen MR) is 197 cm³/mol. The van der Waals surface area contributed by atoms with E-state index in [2.05, 4.69) is 31.4 Å². The molecule has 0 aliphatic heterocycles. The molecule has 10 heteroatoms. The van der Waals surface area contributed by atoms with Crippen LogP contribution in [0.3, 0.4) is 0 Å². The van der Waals surface area contributed by atoms with Gasteiger partial charge >= 0.3 is 6.09 Å². The molecule has 0 saturated heterocycles. The summed E-state index contributed by atoms with van der Waals surface area (Å²) >= 11 is 0. The molecule has 0 aromatic heterocycles. The Hall–Kier alpha value is -4.70. The van der Waals surface area contributed by atoms with Crippen molar-refractivity contribution >= 4 is 23.8 Å². The summed E-state index contributed by atoms with van der Waals surface area (Å²) in [7, 11) is 0. The zero-order chi connectivity index (χ0) is 37.1. The standard InChI is InChI=1S/C36H46N4O6.C4H10/c1-36(2,3)46-35(45)40(20-19-26-13-7-4-8-14-26)25-30(41)23-29(21-27-15-9-5-10-16-27)34(44)38-24-32(42)39-31(33(37)43)22-28-17-11-6-12-18-28;1-4(2)3/h4-18,29-31,41H,19-25H2,1-3H3,(H2,37,43)(H,38,44)(H,39,42);4H,1-3H3. The number of benzene rings is 3. The molecule has 3 aromatic rings. The zero-order valence-corrected chi connectivity index (χ0v) is 30.4. The minimum absolute atomic E-state index is 0.0326. The third-order valence-corrected chi connectivity index (χ3v) is 7.23. The molecular weight excluding hydrogens is 632 g/mol. The Balaban J connectivity index is 0.00000205. The Morgan fingerprint density at radius 2 is 1.28 bits per heavy atom. The highest BCUT2D eigenvalue weighted by Crippen LogP contribution is 2.18. The molecule has 4 amide bonds. The minimum atomic E-state index is -1.05. The van der Waals surface area contributed by atoms with Crippen molar-refractivity contribution in [3.63, 3.8) is 0 Å². The fourth-order valence-electron chi connectivity index (χ4n) is 4.96. The molecule has 0 bridgehead atoms. The molecule has 3 unspecified atom stereocenters.